The van der Waals surface area contributed by atoms with Crippen molar-refractivity contribution in [2.75, 3.05) is 10.0 Å². The summed E-state index contributed by atoms with van der Waals surface area (Å²) in [6.07, 6.45) is 6.61. The lowest BCUT2D eigenvalue weighted by atomic mass is 9.84. The minimum Gasteiger partial charge on any atom is -0.492 e. The van der Waals surface area contributed by atoms with E-state index in [0.717, 1.165) is 22.8 Å². The summed E-state index contributed by atoms with van der Waals surface area (Å²) in [5, 5.41) is 14.5. The molecule has 146 valence electrons. The van der Waals surface area contributed by atoms with E-state index >= 15 is 0 Å². The molecule has 5 rings (SSSR count). The number of hydrogen-bond donors (Lipinski definition) is 2. The van der Waals surface area contributed by atoms with Gasteiger partial charge in [0.15, 0.2) is 0 Å². The predicted molar refractivity (Wildman–Crippen MR) is 113 cm³/mol. The first kappa shape index (κ1) is 18.5. The summed E-state index contributed by atoms with van der Waals surface area (Å²) in [5.41, 5.74) is 8.95. The summed E-state index contributed by atoms with van der Waals surface area (Å²) in [7, 11) is 0. The third-order valence-electron chi connectivity index (χ3n) is 5.83. The summed E-state index contributed by atoms with van der Waals surface area (Å²) >= 11 is 0. The molecule has 0 amide bonds. The fourth-order valence-corrected chi connectivity index (χ4v) is 4.39. The molecule has 0 saturated heterocycles. The van der Waals surface area contributed by atoms with Gasteiger partial charge in [0, 0.05) is 0 Å². The molecule has 2 aromatic rings. The van der Waals surface area contributed by atoms with Crippen LogP contribution < -0.4 is 15.6 Å². The Kier molecular flexibility index (Phi) is 4.83. The van der Waals surface area contributed by atoms with Gasteiger partial charge in [0.25, 0.3) is 0 Å². The van der Waals surface area contributed by atoms with Crippen LogP contribution in [0.1, 0.15) is 50.5 Å². The summed E-state index contributed by atoms with van der Waals surface area (Å²) in [6, 6.07) is 16.5. The minimum atomic E-state index is 0. The van der Waals surface area contributed by atoms with Crippen molar-refractivity contribution in [3.05, 3.63) is 65.7 Å². The summed E-state index contributed by atoms with van der Waals surface area (Å²) in [4.78, 5) is 4.63. The first-order chi connectivity index (χ1) is 13.2. The molecule has 3 aliphatic rings. The van der Waals surface area contributed by atoms with Crippen molar-refractivity contribution >= 4 is 22.8 Å². The number of nitrogens with zero attached hydrogens (tertiary/aromatic N) is 3. The first-order valence-corrected chi connectivity index (χ1v) is 9.77. The second kappa shape index (κ2) is 7.30. The molecule has 1 aliphatic carbocycles. The number of aliphatic imine (C=N–C) groups is 1. The molecule has 0 atom stereocenters. The van der Waals surface area contributed by atoms with Crippen LogP contribution in [-0.2, 0) is 0 Å². The van der Waals surface area contributed by atoms with Crippen LogP contribution in [0.3, 0.4) is 0 Å². The van der Waals surface area contributed by atoms with E-state index in [0.29, 0.717) is 11.6 Å². The van der Waals surface area contributed by atoms with Gasteiger partial charge < -0.3 is 10.6 Å². The number of hydrazine groups is 2. The lowest BCUT2D eigenvalue weighted by Gasteiger charge is -2.28. The maximum absolute atomic E-state index is 10.9. The van der Waals surface area contributed by atoms with Gasteiger partial charge in [-0.15, -0.1) is 5.53 Å². The Hall–Kier alpha value is -2.83. The Morgan fingerprint density at radius 1 is 0.964 bits per heavy atom. The molecule has 28 heavy (non-hydrogen) atoms. The fourth-order valence-electron chi connectivity index (χ4n) is 4.39. The molecule has 6 heteroatoms. The molecule has 0 radical (unpaired) electrons. The standard InChI is InChI=1S/C22H24N4O.H2O/c1-15-21-22(27)25(24-26(21)20-10-6-5-9-19(20)23-15)18-13-11-17(12-14-18)16-7-3-2-4-8-16;/h5-6,9-14,16,24,27H,2-4,7-8H2,1H3;1H2. The smallest absolute Gasteiger partial charge is 0.235 e. The van der Waals surface area contributed by atoms with Crippen LogP contribution in [0.5, 0.6) is 0 Å². The van der Waals surface area contributed by atoms with Crippen molar-refractivity contribution in [1.29, 1.82) is 0 Å². The lowest BCUT2D eigenvalue weighted by Crippen LogP contribution is -2.43. The first-order valence-electron chi connectivity index (χ1n) is 9.77. The highest BCUT2D eigenvalue weighted by Gasteiger charge is 2.36. The van der Waals surface area contributed by atoms with E-state index in [-0.39, 0.29) is 11.4 Å². The number of anilines is 2. The maximum atomic E-state index is 10.9. The van der Waals surface area contributed by atoms with E-state index in [1.165, 1.54) is 37.7 Å². The number of aliphatic hydroxyl groups excluding tert-OH is 1. The number of aliphatic hydroxyl groups is 1. The Morgan fingerprint density at radius 2 is 1.68 bits per heavy atom. The monoisotopic (exact) mass is 378 g/mol. The van der Waals surface area contributed by atoms with Gasteiger partial charge in [-0.1, -0.05) is 43.5 Å². The van der Waals surface area contributed by atoms with Crippen LogP contribution >= 0.6 is 0 Å². The molecule has 4 N–H and O–H groups in total. The highest BCUT2D eigenvalue weighted by molar-refractivity contribution is 6.07. The molecule has 1 saturated carbocycles. The number of fused-ring (bicyclic) bond motifs is 3. The highest BCUT2D eigenvalue weighted by Crippen LogP contribution is 2.40. The van der Waals surface area contributed by atoms with Gasteiger partial charge >= 0.3 is 0 Å². The lowest BCUT2D eigenvalue weighted by molar-refractivity contribution is 0.389. The summed E-state index contributed by atoms with van der Waals surface area (Å²) in [5.74, 6) is 0.857. The molecular formula is C22H26N4O2. The second-order valence-electron chi connectivity index (χ2n) is 7.56. The zero-order valence-corrected chi connectivity index (χ0v) is 16.0. The SMILES string of the molecule is CC1=Nc2ccccc2N2NN(c3ccc(C4CCCCC4)cc3)C(O)=C12.O. The van der Waals surface area contributed by atoms with Gasteiger partial charge in [0.1, 0.15) is 5.70 Å². The van der Waals surface area contributed by atoms with Gasteiger partial charge in [0.05, 0.1) is 22.8 Å². The third kappa shape index (κ3) is 2.95. The van der Waals surface area contributed by atoms with E-state index in [9.17, 15) is 5.11 Å². The second-order valence-corrected chi connectivity index (χ2v) is 7.56. The number of allylic oxidation sites excluding steroid dienone is 1. The van der Waals surface area contributed by atoms with Gasteiger partial charge in [-0.05, 0) is 55.5 Å². The molecule has 2 aromatic carbocycles. The van der Waals surface area contributed by atoms with E-state index in [1.807, 2.05) is 36.2 Å². The van der Waals surface area contributed by atoms with Crippen molar-refractivity contribution < 1.29 is 10.6 Å². The van der Waals surface area contributed by atoms with Crippen LogP contribution in [0.15, 0.2) is 65.1 Å². The molecular weight excluding hydrogens is 352 g/mol. The van der Waals surface area contributed by atoms with Gasteiger partial charge in [0.2, 0.25) is 5.88 Å². The molecule has 0 spiro atoms. The number of benzene rings is 2. The van der Waals surface area contributed by atoms with Crippen molar-refractivity contribution in [3.63, 3.8) is 0 Å². The zero-order valence-electron chi connectivity index (χ0n) is 16.0. The van der Waals surface area contributed by atoms with E-state index in [4.69, 9.17) is 0 Å². The highest BCUT2D eigenvalue weighted by atomic mass is 16.3. The van der Waals surface area contributed by atoms with Crippen LogP contribution in [0.25, 0.3) is 0 Å². The molecule has 2 heterocycles. The maximum Gasteiger partial charge on any atom is 0.235 e. The Labute approximate surface area is 165 Å². The fraction of sp³-hybridized carbons (Fsp3) is 0.318. The van der Waals surface area contributed by atoms with Crippen LogP contribution in [0.4, 0.5) is 17.1 Å². The summed E-state index contributed by atoms with van der Waals surface area (Å²) < 4.78 is 0. The molecule has 0 bridgehead atoms. The van der Waals surface area contributed by atoms with E-state index < -0.39 is 0 Å². The number of para-hydroxylation sites is 2. The Morgan fingerprint density at radius 3 is 2.43 bits per heavy atom. The van der Waals surface area contributed by atoms with Gasteiger partial charge in [-0.25, -0.2) is 15.0 Å². The van der Waals surface area contributed by atoms with Crippen LogP contribution in [-0.4, -0.2) is 16.3 Å². The largest absolute Gasteiger partial charge is 0.492 e. The predicted octanol–water partition coefficient (Wildman–Crippen LogP) is 4.49. The molecule has 6 nitrogen and oxygen atoms in total. The van der Waals surface area contributed by atoms with Crippen LogP contribution in [0, 0.1) is 0 Å². The van der Waals surface area contributed by atoms with Crippen molar-refractivity contribution in [3.8, 4) is 0 Å². The third-order valence-corrected chi connectivity index (χ3v) is 5.83. The van der Waals surface area contributed by atoms with Gasteiger partial charge in [-0.2, -0.15) is 0 Å². The molecule has 2 aliphatic heterocycles. The number of rotatable bonds is 2. The van der Waals surface area contributed by atoms with E-state index in [2.05, 4.69) is 34.8 Å². The normalized spacial score (nSPS) is 19.1. The molecule has 1 fully saturated rings. The minimum absolute atomic E-state index is 0. The topological polar surface area (TPSA) is 82.6 Å². The Bertz CT molecular complexity index is 930. The zero-order chi connectivity index (χ0) is 18.4. The van der Waals surface area contributed by atoms with Gasteiger partial charge in [-0.3, -0.25) is 0 Å². The van der Waals surface area contributed by atoms with Crippen molar-refractivity contribution in [1.82, 2.24) is 5.53 Å². The summed E-state index contributed by atoms with van der Waals surface area (Å²) in [6.45, 7) is 1.92. The molecule has 0 aromatic heterocycles. The number of nitrogens with one attached hydrogen (secondary N) is 1. The number of hydrogen-bond acceptors (Lipinski definition) is 5. The van der Waals surface area contributed by atoms with Crippen molar-refractivity contribution in [2.24, 2.45) is 4.99 Å². The Balaban J connectivity index is 0.00000192. The molecule has 0 unspecified atom stereocenters. The average Bonchev–Trinajstić information content (AvgIpc) is 3.07. The van der Waals surface area contributed by atoms with E-state index in [1.54, 1.807) is 5.01 Å². The van der Waals surface area contributed by atoms with Crippen molar-refractivity contribution in [2.45, 2.75) is 44.9 Å². The average molecular weight is 378 g/mol. The van der Waals surface area contributed by atoms with Crippen LogP contribution in [0.2, 0.25) is 0 Å². The quantitative estimate of drug-likeness (QED) is 0.807.